The van der Waals surface area contributed by atoms with Crippen molar-refractivity contribution < 1.29 is 18.3 Å². The van der Waals surface area contributed by atoms with Gasteiger partial charge in [0, 0.05) is 6.42 Å². The molecule has 0 saturated carbocycles. The van der Waals surface area contributed by atoms with Crippen LogP contribution in [-0.4, -0.2) is 16.9 Å². The molecule has 0 saturated heterocycles. The van der Waals surface area contributed by atoms with Gasteiger partial charge < -0.3 is 5.11 Å². The topological polar surface area (TPSA) is 20.2 Å². The van der Waals surface area contributed by atoms with Gasteiger partial charge in [-0.1, -0.05) is 17.2 Å². The van der Waals surface area contributed by atoms with Gasteiger partial charge in [0.05, 0.1) is 0 Å². The minimum absolute atomic E-state index is 0.413. The molecule has 0 fully saturated rings. The SMILES string of the molecule is CC(C)=CC(CC(C)(O)C(F)(F)F)=C(C)C. The van der Waals surface area contributed by atoms with E-state index in [1.165, 1.54) is 0 Å². The minimum Gasteiger partial charge on any atom is -0.380 e. The first-order chi connectivity index (χ1) is 6.97. The molecule has 0 amide bonds. The fourth-order valence-corrected chi connectivity index (χ4v) is 1.19. The fourth-order valence-electron chi connectivity index (χ4n) is 1.19. The van der Waals surface area contributed by atoms with Gasteiger partial charge in [0.15, 0.2) is 5.60 Å². The summed E-state index contributed by atoms with van der Waals surface area (Å²) in [5, 5.41) is 9.39. The van der Waals surface area contributed by atoms with Gasteiger partial charge in [0.1, 0.15) is 0 Å². The Morgan fingerprint density at radius 2 is 1.56 bits per heavy atom. The smallest absolute Gasteiger partial charge is 0.380 e. The Bertz CT molecular complexity index is 301. The van der Waals surface area contributed by atoms with Crippen LogP contribution < -0.4 is 0 Å². The molecule has 94 valence electrons. The normalized spacial score (nSPS) is 15.3. The predicted molar refractivity (Wildman–Crippen MR) is 59.1 cm³/mol. The summed E-state index contributed by atoms with van der Waals surface area (Å²) in [5.41, 5.74) is -0.451. The molecule has 4 heteroatoms. The zero-order valence-corrected chi connectivity index (χ0v) is 10.4. The predicted octanol–water partition coefficient (Wildman–Crippen LogP) is 3.99. The van der Waals surface area contributed by atoms with Crippen molar-refractivity contribution >= 4 is 0 Å². The second kappa shape index (κ2) is 5.04. The lowest BCUT2D eigenvalue weighted by Crippen LogP contribution is -2.42. The summed E-state index contributed by atoms with van der Waals surface area (Å²) >= 11 is 0. The molecule has 0 aromatic carbocycles. The Hall–Kier alpha value is -0.770. The first kappa shape index (κ1) is 15.2. The van der Waals surface area contributed by atoms with Crippen LogP contribution in [0.2, 0.25) is 0 Å². The molecule has 0 aliphatic rings. The van der Waals surface area contributed by atoms with Gasteiger partial charge in [0.2, 0.25) is 0 Å². The van der Waals surface area contributed by atoms with E-state index in [-0.39, 0.29) is 0 Å². The molecule has 0 spiro atoms. The van der Waals surface area contributed by atoms with Crippen LogP contribution >= 0.6 is 0 Å². The highest BCUT2D eigenvalue weighted by Gasteiger charge is 2.49. The van der Waals surface area contributed by atoms with E-state index in [9.17, 15) is 18.3 Å². The van der Waals surface area contributed by atoms with Gasteiger partial charge in [-0.25, -0.2) is 0 Å². The van der Waals surface area contributed by atoms with Crippen LogP contribution in [0.4, 0.5) is 13.2 Å². The molecule has 0 aliphatic carbocycles. The first-order valence-corrected chi connectivity index (χ1v) is 5.08. The van der Waals surface area contributed by atoms with Gasteiger partial charge in [0.25, 0.3) is 0 Å². The molecular formula is C12H19F3O. The number of allylic oxidation sites excluding steroid dienone is 3. The van der Waals surface area contributed by atoms with Gasteiger partial charge in [-0.3, -0.25) is 0 Å². The summed E-state index contributed by atoms with van der Waals surface area (Å²) in [4.78, 5) is 0. The Morgan fingerprint density at radius 1 is 1.12 bits per heavy atom. The molecule has 0 aromatic heterocycles. The van der Waals surface area contributed by atoms with Gasteiger partial charge >= 0.3 is 6.18 Å². The lowest BCUT2D eigenvalue weighted by atomic mass is 9.92. The molecule has 16 heavy (non-hydrogen) atoms. The van der Waals surface area contributed by atoms with Crippen LogP contribution in [0.25, 0.3) is 0 Å². The highest BCUT2D eigenvalue weighted by atomic mass is 19.4. The van der Waals surface area contributed by atoms with E-state index in [1.54, 1.807) is 19.9 Å². The summed E-state index contributed by atoms with van der Waals surface area (Å²) in [6, 6.07) is 0. The van der Waals surface area contributed by atoms with Crippen LogP contribution in [0.1, 0.15) is 41.0 Å². The third-order valence-corrected chi connectivity index (χ3v) is 2.25. The van der Waals surface area contributed by atoms with E-state index < -0.39 is 18.2 Å². The largest absolute Gasteiger partial charge is 0.417 e. The van der Waals surface area contributed by atoms with E-state index in [4.69, 9.17) is 0 Å². The standard InChI is InChI=1S/C12H19F3O/c1-8(2)6-10(9(3)4)7-11(5,16)12(13,14)15/h6,16H,7H2,1-5H3. The summed E-state index contributed by atoms with van der Waals surface area (Å²) in [5.74, 6) is 0. The molecular weight excluding hydrogens is 217 g/mol. The van der Waals surface area contributed by atoms with Gasteiger partial charge in [-0.15, -0.1) is 0 Å². The summed E-state index contributed by atoms with van der Waals surface area (Å²) in [6.07, 6.45) is -3.34. The molecule has 0 rings (SSSR count). The van der Waals surface area contributed by atoms with E-state index in [0.717, 1.165) is 18.1 Å². The lowest BCUT2D eigenvalue weighted by molar-refractivity contribution is -0.251. The van der Waals surface area contributed by atoms with Crippen molar-refractivity contribution in [2.75, 3.05) is 0 Å². The van der Waals surface area contributed by atoms with Crippen LogP contribution in [0, 0.1) is 0 Å². The van der Waals surface area contributed by atoms with Crippen LogP contribution in [0.15, 0.2) is 22.8 Å². The van der Waals surface area contributed by atoms with Crippen molar-refractivity contribution in [3.63, 3.8) is 0 Å². The minimum atomic E-state index is -4.61. The summed E-state index contributed by atoms with van der Waals surface area (Å²) in [7, 11) is 0. The number of alkyl halides is 3. The Balaban J connectivity index is 5.09. The lowest BCUT2D eigenvalue weighted by Gasteiger charge is -2.27. The average Bonchev–Trinajstić information content (AvgIpc) is 1.98. The van der Waals surface area contributed by atoms with E-state index in [2.05, 4.69) is 0 Å². The monoisotopic (exact) mass is 236 g/mol. The third-order valence-electron chi connectivity index (χ3n) is 2.25. The summed E-state index contributed by atoms with van der Waals surface area (Å²) in [6.45, 7) is 7.90. The molecule has 0 aliphatic heterocycles. The molecule has 0 aromatic rings. The van der Waals surface area contributed by atoms with E-state index >= 15 is 0 Å². The Kier molecular flexibility index (Phi) is 4.80. The number of aliphatic hydroxyl groups is 1. The third kappa shape index (κ3) is 4.39. The zero-order valence-electron chi connectivity index (χ0n) is 10.4. The second-order valence-electron chi connectivity index (χ2n) is 4.70. The van der Waals surface area contributed by atoms with Crippen molar-refractivity contribution in [1.82, 2.24) is 0 Å². The quantitative estimate of drug-likeness (QED) is 0.734. The molecule has 1 N–H and O–H groups in total. The van der Waals surface area contributed by atoms with Gasteiger partial charge in [-0.2, -0.15) is 13.2 Å². The maximum absolute atomic E-state index is 12.5. The first-order valence-electron chi connectivity index (χ1n) is 5.08. The second-order valence-corrected chi connectivity index (χ2v) is 4.70. The number of rotatable bonds is 3. The zero-order chi connectivity index (χ0) is 13.1. The summed E-state index contributed by atoms with van der Waals surface area (Å²) < 4.78 is 37.5. The number of hydrogen-bond acceptors (Lipinski definition) is 1. The van der Waals surface area contributed by atoms with E-state index in [0.29, 0.717) is 5.57 Å². The average molecular weight is 236 g/mol. The van der Waals surface area contributed by atoms with Crippen molar-refractivity contribution in [2.45, 2.75) is 52.8 Å². The maximum Gasteiger partial charge on any atom is 0.417 e. The highest BCUT2D eigenvalue weighted by molar-refractivity contribution is 5.28. The molecule has 1 unspecified atom stereocenters. The van der Waals surface area contributed by atoms with Crippen LogP contribution in [0.5, 0.6) is 0 Å². The van der Waals surface area contributed by atoms with Crippen molar-refractivity contribution in [1.29, 1.82) is 0 Å². The molecule has 0 heterocycles. The number of hydrogen-bond donors (Lipinski definition) is 1. The van der Waals surface area contributed by atoms with Gasteiger partial charge in [-0.05, 0) is 40.2 Å². The van der Waals surface area contributed by atoms with Crippen LogP contribution in [-0.2, 0) is 0 Å². The fraction of sp³-hybridized carbons (Fsp3) is 0.667. The van der Waals surface area contributed by atoms with Crippen molar-refractivity contribution in [3.8, 4) is 0 Å². The molecule has 0 radical (unpaired) electrons. The molecule has 0 bridgehead atoms. The van der Waals surface area contributed by atoms with E-state index in [1.807, 2.05) is 13.8 Å². The maximum atomic E-state index is 12.5. The van der Waals surface area contributed by atoms with Crippen molar-refractivity contribution in [3.05, 3.63) is 22.8 Å². The Morgan fingerprint density at radius 3 is 1.81 bits per heavy atom. The van der Waals surface area contributed by atoms with Crippen molar-refractivity contribution in [2.24, 2.45) is 0 Å². The molecule has 1 nitrogen and oxygen atoms in total. The number of halogens is 3. The van der Waals surface area contributed by atoms with Crippen LogP contribution in [0.3, 0.4) is 0 Å². The highest BCUT2D eigenvalue weighted by Crippen LogP contribution is 2.35. The molecule has 1 atom stereocenters. The Labute approximate surface area is 94.7 Å².